The van der Waals surface area contributed by atoms with Crippen molar-refractivity contribution < 1.29 is 14.3 Å². The fraction of sp³-hybridized carbons (Fsp3) is 0.150. The van der Waals surface area contributed by atoms with Crippen LogP contribution in [0.5, 0.6) is 0 Å². The number of fused-ring (bicyclic) bond motifs is 1. The summed E-state index contributed by atoms with van der Waals surface area (Å²) >= 11 is 12.1. The average Bonchev–Trinajstić information content (AvgIpc) is 2.68. The number of nitrogens with zero attached hydrogens (tertiary/aromatic N) is 1. The van der Waals surface area contributed by atoms with Crippen molar-refractivity contribution in [1.29, 1.82) is 0 Å². The van der Waals surface area contributed by atoms with Crippen molar-refractivity contribution in [3.05, 3.63) is 75.9 Å². The van der Waals surface area contributed by atoms with Gasteiger partial charge in [-0.2, -0.15) is 0 Å². The molecule has 0 spiro atoms. The lowest BCUT2D eigenvalue weighted by molar-refractivity contribution is -0.142. The Morgan fingerprint density at radius 3 is 2.67 bits per heavy atom. The summed E-state index contributed by atoms with van der Waals surface area (Å²) < 4.78 is 4.83. The second-order valence-corrected chi connectivity index (χ2v) is 6.71. The molecule has 0 aliphatic rings. The van der Waals surface area contributed by atoms with Crippen LogP contribution >= 0.6 is 23.2 Å². The van der Waals surface area contributed by atoms with Gasteiger partial charge in [0.15, 0.2) is 0 Å². The molecule has 2 aromatic carbocycles. The van der Waals surface area contributed by atoms with Crippen molar-refractivity contribution in [3.63, 3.8) is 0 Å². The minimum atomic E-state index is -0.903. The summed E-state index contributed by atoms with van der Waals surface area (Å²) in [7, 11) is 1.27. The monoisotopic (exact) mass is 402 g/mol. The van der Waals surface area contributed by atoms with Crippen LogP contribution in [0, 0.1) is 0 Å². The number of esters is 1. The number of hydrogen-bond donors (Lipinski definition) is 1. The van der Waals surface area contributed by atoms with Gasteiger partial charge in [0.05, 0.1) is 18.2 Å². The second kappa shape index (κ2) is 8.37. The van der Waals surface area contributed by atoms with Crippen LogP contribution < -0.4 is 5.32 Å². The van der Waals surface area contributed by atoms with Crippen LogP contribution in [0.15, 0.2) is 54.7 Å². The van der Waals surface area contributed by atoms with Gasteiger partial charge in [0, 0.05) is 28.0 Å². The van der Waals surface area contributed by atoms with E-state index >= 15 is 0 Å². The van der Waals surface area contributed by atoms with Crippen LogP contribution in [0.25, 0.3) is 10.9 Å². The standard InChI is InChI=1S/C20H16Cl2N2O3/c1-27-20(26)17(10-13-7-8-14(21)11-16(13)22)24-19(25)15-6-2-4-12-5-3-9-23-18(12)15/h2-9,11,17H,10H2,1H3,(H,24,25)/t17-/m0/s1. The van der Waals surface area contributed by atoms with Crippen molar-refractivity contribution in [2.24, 2.45) is 0 Å². The molecule has 7 heteroatoms. The molecule has 27 heavy (non-hydrogen) atoms. The maximum absolute atomic E-state index is 12.8. The number of carbonyl (C=O) groups excluding carboxylic acids is 2. The summed E-state index contributed by atoms with van der Waals surface area (Å²) in [5, 5.41) is 4.46. The molecule has 0 saturated heterocycles. The molecule has 0 saturated carbocycles. The minimum absolute atomic E-state index is 0.173. The van der Waals surface area contributed by atoms with Crippen LogP contribution in [0.3, 0.4) is 0 Å². The molecule has 5 nitrogen and oxygen atoms in total. The van der Waals surface area contributed by atoms with E-state index in [4.69, 9.17) is 27.9 Å². The van der Waals surface area contributed by atoms with Crippen molar-refractivity contribution in [3.8, 4) is 0 Å². The van der Waals surface area contributed by atoms with Gasteiger partial charge < -0.3 is 10.1 Å². The summed E-state index contributed by atoms with van der Waals surface area (Å²) in [5.41, 5.74) is 1.61. The third-order valence-electron chi connectivity index (χ3n) is 4.11. The first-order valence-corrected chi connectivity index (χ1v) is 8.91. The molecular weight excluding hydrogens is 387 g/mol. The second-order valence-electron chi connectivity index (χ2n) is 5.87. The Balaban J connectivity index is 1.88. The zero-order chi connectivity index (χ0) is 19.4. The molecule has 1 heterocycles. The Bertz CT molecular complexity index is 1000. The molecule has 1 aromatic heterocycles. The highest BCUT2D eigenvalue weighted by Gasteiger charge is 2.24. The predicted molar refractivity (Wildman–Crippen MR) is 105 cm³/mol. The normalized spacial score (nSPS) is 11.8. The minimum Gasteiger partial charge on any atom is -0.467 e. The first kappa shape index (κ1) is 19.1. The molecule has 3 aromatic rings. The predicted octanol–water partition coefficient (Wildman–Crippen LogP) is 4.06. The van der Waals surface area contributed by atoms with Gasteiger partial charge in [-0.15, -0.1) is 0 Å². The number of amides is 1. The fourth-order valence-corrected chi connectivity index (χ4v) is 3.25. The number of halogens is 2. The van der Waals surface area contributed by atoms with Crippen LogP contribution in [-0.4, -0.2) is 30.0 Å². The maximum atomic E-state index is 12.8. The van der Waals surface area contributed by atoms with Gasteiger partial charge in [-0.05, 0) is 29.8 Å². The molecule has 138 valence electrons. The Kier molecular flexibility index (Phi) is 5.94. The summed E-state index contributed by atoms with van der Waals surface area (Å²) in [6.07, 6.45) is 1.79. The third kappa shape index (κ3) is 4.38. The highest BCUT2D eigenvalue weighted by molar-refractivity contribution is 6.35. The largest absolute Gasteiger partial charge is 0.467 e. The fourth-order valence-electron chi connectivity index (χ4n) is 2.77. The Morgan fingerprint density at radius 2 is 1.93 bits per heavy atom. The summed E-state index contributed by atoms with van der Waals surface area (Å²) in [5.74, 6) is -0.984. The number of hydrogen-bond acceptors (Lipinski definition) is 4. The summed E-state index contributed by atoms with van der Waals surface area (Å²) in [6.45, 7) is 0. The van der Waals surface area contributed by atoms with Gasteiger partial charge in [0.2, 0.25) is 0 Å². The summed E-state index contributed by atoms with van der Waals surface area (Å²) in [4.78, 5) is 29.3. The lowest BCUT2D eigenvalue weighted by Gasteiger charge is -2.18. The number of carbonyl (C=O) groups is 2. The van der Waals surface area contributed by atoms with Crippen LogP contribution in [0.4, 0.5) is 0 Å². The summed E-state index contributed by atoms with van der Waals surface area (Å²) in [6, 6.07) is 13.0. The number of aromatic nitrogens is 1. The highest BCUT2D eigenvalue weighted by atomic mass is 35.5. The number of nitrogens with one attached hydrogen (secondary N) is 1. The van der Waals surface area contributed by atoms with E-state index in [1.54, 1.807) is 42.6 Å². The molecular formula is C20H16Cl2N2O3. The maximum Gasteiger partial charge on any atom is 0.328 e. The number of benzene rings is 2. The SMILES string of the molecule is COC(=O)[C@H](Cc1ccc(Cl)cc1Cl)NC(=O)c1cccc2cccnc12. The van der Waals surface area contributed by atoms with Crippen molar-refractivity contribution in [2.45, 2.75) is 12.5 Å². The average molecular weight is 403 g/mol. The number of rotatable bonds is 5. The number of methoxy groups -OCH3 is 1. The van der Waals surface area contributed by atoms with Gasteiger partial charge in [-0.1, -0.05) is 47.5 Å². The molecule has 1 atom stereocenters. The third-order valence-corrected chi connectivity index (χ3v) is 4.69. The van der Waals surface area contributed by atoms with E-state index in [2.05, 4.69) is 10.3 Å². The van der Waals surface area contributed by atoms with E-state index < -0.39 is 17.9 Å². The van der Waals surface area contributed by atoms with Crippen molar-refractivity contribution >= 4 is 46.0 Å². The molecule has 1 N–H and O–H groups in total. The molecule has 0 fully saturated rings. The van der Waals surface area contributed by atoms with E-state index in [1.165, 1.54) is 7.11 Å². The quantitative estimate of drug-likeness (QED) is 0.653. The smallest absolute Gasteiger partial charge is 0.328 e. The molecule has 0 aliphatic carbocycles. The van der Waals surface area contributed by atoms with Crippen molar-refractivity contribution in [1.82, 2.24) is 10.3 Å². The zero-order valence-corrected chi connectivity index (χ0v) is 15.9. The van der Waals surface area contributed by atoms with Crippen LogP contribution in [0.2, 0.25) is 10.0 Å². The lowest BCUT2D eigenvalue weighted by Crippen LogP contribution is -2.43. The van der Waals surface area contributed by atoms with Gasteiger partial charge >= 0.3 is 5.97 Å². The Labute approximate surface area is 166 Å². The number of pyridine rings is 1. The van der Waals surface area contributed by atoms with Crippen LogP contribution in [0.1, 0.15) is 15.9 Å². The molecule has 0 bridgehead atoms. The van der Waals surface area contributed by atoms with Crippen LogP contribution in [-0.2, 0) is 16.0 Å². The first-order chi connectivity index (χ1) is 13.0. The highest BCUT2D eigenvalue weighted by Crippen LogP contribution is 2.23. The van der Waals surface area contributed by atoms with Crippen molar-refractivity contribution in [2.75, 3.05) is 7.11 Å². The molecule has 1 amide bonds. The van der Waals surface area contributed by atoms with E-state index in [0.717, 1.165) is 5.39 Å². The van der Waals surface area contributed by atoms with E-state index in [1.807, 2.05) is 12.1 Å². The van der Waals surface area contributed by atoms with Gasteiger partial charge in [-0.25, -0.2) is 4.79 Å². The molecule has 0 aliphatic heterocycles. The van der Waals surface area contributed by atoms with Gasteiger partial charge in [0.1, 0.15) is 6.04 Å². The topological polar surface area (TPSA) is 68.3 Å². The zero-order valence-electron chi connectivity index (χ0n) is 14.4. The van der Waals surface area contributed by atoms with Gasteiger partial charge in [-0.3, -0.25) is 9.78 Å². The lowest BCUT2D eigenvalue weighted by atomic mass is 10.0. The molecule has 0 unspecified atom stereocenters. The van der Waals surface area contributed by atoms with E-state index in [9.17, 15) is 9.59 Å². The Morgan fingerprint density at radius 1 is 1.15 bits per heavy atom. The van der Waals surface area contributed by atoms with E-state index in [0.29, 0.717) is 26.7 Å². The first-order valence-electron chi connectivity index (χ1n) is 8.16. The number of ether oxygens (including phenoxy) is 1. The molecule has 3 rings (SSSR count). The Hall–Kier alpha value is -2.63. The van der Waals surface area contributed by atoms with E-state index in [-0.39, 0.29) is 6.42 Å². The molecule has 0 radical (unpaired) electrons. The van der Waals surface area contributed by atoms with Gasteiger partial charge in [0.25, 0.3) is 5.91 Å². The number of para-hydroxylation sites is 1.